The summed E-state index contributed by atoms with van der Waals surface area (Å²) in [6.45, 7) is 1.20. The van der Waals surface area contributed by atoms with E-state index in [4.69, 9.17) is 0 Å². The predicted molar refractivity (Wildman–Crippen MR) is 94.1 cm³/mol. The number of hydrogen-bond acceptors (Lipinski definition) is 3. The Balaban J connectivity index is 1.43. The fourth-order valence-corrected chi connectivity index (χ4v) is 3.09. The third-order valence-corrected chi connectivity index (χ3v) is 4.48. The molecule has 0 saturated carbocycles. The molecule has 2 aromatic heterocycles. The van der Waals surface area contributed by atoms with Gasteiger partial charge in [-0.1, -0.05) is 36.4 Å². The largest absolute Gasteiger partial charge is 0.334 e. The molecule has 3 aromatic rings. The molecule has 0 unspecified atom stereocenters. The molecule has 1 aromatic carbocycles. The molecule has 126 valence electrons. The lowest BCUT2D eigenvalue weighted by molar-refractivity contribution is 0.115. The van der Waals surface area contributed by atoms with Crippen molar-refractivity contribution in [3.05, 3.63) is 78.2 Å². The summed E-state index contributed by atoms with van der Waals surface area (Å²) in [5.41, 5.74) is 2.11. The van der Waals surface area contributed by atoms with E-state index in [2.05, 4.69) is 27.5 Å². The quantitative estimate of drug-likeness (QED) is 0.798. The zero-order valence-electron chi connectivity index (χ0n) is 13.7. The minimum absolute atomic E-state index is 0.0460. The monoisotopic (exact) mass is 333 g/mol. The molecule has 3 heterocycles. The van der Waals surface area contributed by atoms with Crippen LogP contribution in [0.1, 0.15) is 23.6 Å². The van der Waals surface area contributed by atoms with E-state index >= 15 is 0 Å². The Hall–Kier alpha value is -3.15. The van der Waals surface area contributed by atoms with Gasteiger partial charge in [0, 0.05) is 37.2 Å². The second-order valence-corrected chi connectivity index (χ2v) is 6.00. The number of carbonyl (C=O) groups is 1. The Labute approximate surface area is 146 Å². The summed E-state index contributed by atoms with van der Waals surface area (Å²) in [5, 5.41) is 7.23. The van der Waals surface area contributed by atoms with Crippen molar-refractivity contribution in [3.63, 3.8) is 0 Å². The van der Waals surface area contributed by atoms with E-state index in [1.807, 2.05) is 47.5 Å². The molecular formula is C19H19N5O. The second-order valence-electron chi connectivity index (χ2n) is 6.00. The number of carbonyl (C=O) groups excluding carboxylic acids is 1. The lowest BCUT2D eigenvalue weighted by Crippen LogP contribution is -2.49. The first-order valence-corrected chi connectivity index (χ1v) is 8.36. The highest BCUT2D eigenvalue weighted by Gasteiger charge is 2.33. The first-order chi connectivity index (χ1) is 12.3. The molecule has 2 amide bonds. The van der Waals surface area contributed by atoms with E-state index < -0.39 is 0 Å². The van der Waals surface area contributed by atoms with Crippen LogP contribution in [0, 0.1) is 0 Å². The molecule has 6 heteroatoms. The van der Waals surface area contributed by atoms with Crippen LogP contribution in [0.25, 0.3) is 5.82 Å². The highest BCUT2D eigenvalue weighted by molar-refractivity contribution is 5.75. The lowest BCUT2D eigenvalue weighted by atomic mass is 9.95. The number of pyridine rings is 1. The van der Waals surface area contributed by atoms with Crippen molar-refractivity contribution < 1.29 is 4.79 Å². The molecule has 4 rings (SSSR count). The normalized spacial score (nSPS) is 16.3. The Morgan fingerprint density at radius 1 is 1.12 bits per heavy atom. The summed E-state index contributed by atoms with van der Waals surface area (Å²) in [4.78, 5) is 18.8. The van der Waals surface area contributed by atoms with Gasteiger partial charge in [0.2, 0.25) is 0 Å². The van der Waals surface area contributed by atoms with Crippen LogP contribution in [-0.4, -0.2) is 32.2 Å². The van der Waals surface area contributed by atoms with Crippen molar-refractivity contribution in [2.75, 3.05) is 6.54 Å². The van der Waals surface area contributed by atoms with Crippen LogP contribution in [0.3, 0.4) is 0 Å². The molecule has 1 atom stereocenters. The maximum absolute atomic E-state index is 12.6. The number of nitrogens with one attached hydrogen (secondary N) is 1. The zero-order valence-corrected chi connectivity index (χ0v) is 13.7. The number of benzene rings is 1. The first-order valence-electron chi connectivity index (χ1n) is 8.36. The number of aromatic nitrogens is 3. The summed E-state index contributed by atoms with van der Waals surface area (Å²) in [7, 11) is 0. The van der Waals surface area contributed by atoms with E-state index in [1.54, 1.807) is 17.1 Å². The van der Waals surface area contributed by atoms with Gasteiger partial charge in [-0.05, 0) is 24.1 Å². The van der Waals surface area contributed by atoms with Gasteiger partial charge < -0.3 is 10.2 Å². The summed E-state index contributed by atoms with van der Waals surface area (Å²) < 4.78 is 1.71. The van der Waals surface area contributed by atoms with Crippen LogP contribution in [0.4, 0.5) is 4.79 Å². The van der Waals surface area contributed by atoms with Crippen molar-refractivity contribution in [1.29, 1.82) is 0 Å². The van der Waals surface area contributed by atoms with Gasteiger partial charge in [-0.15, -0.1) is 0 Å². The molecule has 0 bridgehead atoms. The van der Waals surface area contributed by atoms with Gasteiger partial charge in [-0.2, -0.15) is 5.10 Å². The Morgan fingerprint density at radius 3 is 2.72 bits per heavy atom. The lowest BCUT2D eigenvalue weighted by Gasteiger charge is -2.41. The minimum Gasteiger partial charge on any atom is -0.334 e. The molecule has 0 radical (unpaired) electrons. The number of urea groups is 1. The van der Waals surface area contributed by atoms with Crippen molar-refractivity contribution in [1.82, 2.24) is 25.0 Å². The molecule has 1 fully saturated rings. The molecule has 1 aliphatic rings. The SMILES string of the molecule is O=C(NCc1cccnc1-n1cccn1)N1CC[C@@H]1c1ccccc1. The summed E-state index contributed by atoms with van der Waals surface area (Å²) in [6.07, 6.45) is 6.28. The maximum Gasteiger partial charge on any atom is 0.318 e. The summed E-state index contributed by atoms with van der Waals surface area (Å²) >= 11 is 0. The van der Waals surface area contributed by atoms with Gasteiger partial charge in [0.15, 0.2) is 5.82 Å². The van der Waals surface area contributed by atoms with Gasteiger partial charge in [0.1, 0.15) is 0 Å². The Kier molecular flexibility index (Phi) is 4.16. The highest BCUT2D eigenvalue weighted by Crippen LogP contribution is 2.32. The fraction of sp³-hybridized carbons (Fsp3) is 0.211. The molecule has 6 nitrogen and oxygen atoms in total. The number of nitrogens with zero attached hydrogens (tertiary/aromatic N) is 4. The van der Waals surface area contributed by atoms with E-state index in [0.717, 1.165) is 24.3 Å². The average Bonchev–Trinajstić information content (AvgIpc) is 3.15. The van der Waals surface area contributed by atoms with Gasteiger partial charge in [0.25, 0.3) is 0 Å². The molecule has 1 aliphatic heterocycles. The van der Waals surface area contributed by atoms with Gasteiger partial charge in [-0.25, -0.2) is 14.5 Å². The fourth-order valence-electron chi connectivity index (χ4n) is 3.09. The number of rotatable bonds is 4. The zero-order chi connectivity index (χ0) is 17.1. The van der Waals surface area contributed by atoms with Crippen LogP contribution in [0.2, 0.25) is 0 Å². The molecule has 1 saturated heterocycles. The van der Waals surface area contributed by atoms with E-state index in [-0.39, 0.29) is 12.1 Å². The molecule has 0 aliphatic carbocycles. The van der Waals surface area contributed by atoms with Gasteiger partial charge in [-0.3, -0.25) is 0 Å². The van der Waals surface area contributed by atoms with E-state index in [1.165, 1.54) is 5.56 Å². The highest BCUT2D eigenvalue weighted by atomic mass is 16.2. The van der Waals surface area contributed by atoms with Crippen LogP contribution >= 0.6 is 0 Å². The van der Waals surface area contributed by atoms with E-state index in [9.17, 15) is 4.79 Å². The van der Waals surface area contributed by atoms with Crippen LogP contribution in [0.15, 0.2) is 67.1 Å². The van der Waals surface area contributed by atoms with Crippen molar-refractivity contribution in [2.45, 2.75) is 19.0 Å². The van der Waals surface area contributed by atoms with Crippen LogP contribution in [0.5, 0.6) is 0 Å². The maximum atomic E-state index is 12.6. The first kappa shape index (κ1) is 15.4. The molecule has 25 heavy (non-hydrogen) atoms. The minimum atomic E-state index is -0.0460. The number of amides is 2. The Bertz CT molecular complexity index is 847. The molecule has 1 N–H and O–H groups in total. The second kappa shape index (κ2) is 6.76. The summed E-state index contributed by atoms with van der Waals surface area (Å²) in [5.74, 6) is 0.732. The number of hydrogen-bond donors (Lipinski definition) is 1. The van der Waals surface area contributed by atoms with Crippen LogP contribution < -0.4 is 5.32 Å². The third kappa shape index (κ3) is 3.10. The molecule has 0 spiro atoms. The topological polar surface area (TPSA) is 63.1 Å². The van der Waals surface area contributed by atoms with Gasteiger partial charge >= 0.3 is 6.03 Å². The number of likely N-dealkylation sites (tertiary alicyclic amines) is 1. The average molecular weight is 333 g/mol. The summed E-state index contributed by atoms with van der Waals surface area (Å²) in [6, 6.07) is 15.9. The van der Waals surface area contributed by atoms with E-state index in [0.29, 0.717) is 6.54 Å². The van der Waals surface area contributed by atoms with Crippen molar-refractivity contribution in [3.8, 4) is 5.82 Å². The van der Waals surface area contributed by atoms with Crippen molar-refractivity contribution in [2.24, 2.45) is 0 Å². The molecular weight excluding hydrogens is 314 g/mol. The third-order valence-electron chi connectivity index (χ3n) is 4.48. The standard InChI is InChI=1S/C19H19N5O/c25-19(23-13-9-17(23)15-6-2-1-3-7-15)21-14-16-8-4-10-20-18(16)24-12-5-11-22-24/h1-8,10-12,17H,9,13-14H2,(H,21,25)/t17-/m1/s1. The Morgan fingerprint density at radius 2 is 2.00 bits per heavy atom. The van der Waals surface area contributed by atoms with Gasteiger partial charge in [0.05, 0.1) is 6.04 Å². The predicted octanol–water partition coefficient (Wildman–Crippen LogP) is 2.92. The smallest absolute Gasteiger partial charge is 0.318 e. The van der Waals surface area contributed by atoms with Crippen LogP contribution in [-0.2, 0) is 6.54 Å². The van der Waals surface area contributed by atoms with Crippen molar-refractivity contribution >= 4 is 6.03 Å².